The maximum atomic E-state index is 14.7. The zero-order chi connectivity index (χ0) is 24.4. The molecule has 0 bridgehead atoms. The van der Waals surface area contributed by atoms with Gasteiger partial charge >= 0.3 is 0 Å². The number of nitriles is 1. The fourth-order valence-electron chi connectivity index (χ4n) is 4.55. The van der Waals surface area contributed by atoms with Crippen LogP contribution in [0, 0.1) is 17.1 Å². The van der Waals surface area contributed by atoms with Crippen LogP contribution >= 0.6 is 11.6 Å². The number of fused-ring (bicyclic) bond motifs is 1. The number of para-hydroxylation sites is 1. The molecule has 172 valence electrons. The van der Waals surface area contributed by atoms with E-state index >= 15 is 0 Å². The predicted octanol–water partition coefficient (Wildman–Crippen LogP) is 4.72. The van der Waals surface area contributed by atoms with Crippen molar-refractivity contribution in [3.05, 3.63) is 99.3 Å². The maximum Gasteiger partial charge on any atom is 0.259 e. The Labute approximate surface area is 201 Å². The summed E-state index contributed by atoms with van der Waals surface area (Å²) in [5.74, 6) is -1.44. The molecule has 1 unspecified atom stereocenters. The molecule has 1 aliphatic rings. The van der Waals surface area contributed by atoms with Gasteiger partial charge in [0.2, 0.25) is 5.91 Å². The number of benzene rings is 3. The van der Waals surface area contributed by atoms with Crippen LogP contribution < -0.4 is 10.5 Å². The van der Waals surface area contributed by atoms with Crippen molar-refractivity contribution in [1.29, 1.82) is 5.26 Å². The number of primary amides is 1. The summed E-state index contributed by atoms with van der Waals surface area (Å²) in [6.45, 7) is 0. The molecule has 8 heteroatoms. The Morgan fingerprint density at radius 1 is 1.21 bits per heavy atom. The highest BCUT2D eigenvalue weighted by Gasteiger charge is 2.41. The van der Waals surface area contributed by atoms with Crippen LogP contribution in [-0.2, 0) is 11.2 Å². The summed E-state index contributed by atoms with van der Waals surface area (Å²) in [5, 5.41) is 9.55. The third-order valence-electron chi connectivity index (χ3n) is 6.01. The van der Waals surface area contributed by atoms with Gasteiger partial charge in [0.25, 0.3) is 5.91 Å². The van der Waals surface area contributed by atoms with E-state index in [-0.39, 0.29) is 10.6 Å². The Kier molecular flexibility index (Phi) is 6.53. The topological polar surface area (TPSA) is 96.4 Å². The van der Waals surface area contributed by atoms with Crippen LogP contribution in [-0.4, -0.2) is 23.8 Å². The van der Waals surface area contributed by atoms with Gasteiger partial charge in [-0.1, -0.05) is 35.9 Å². The highest BCUT2D eigenvalue weighted by atomic mass is 35.5. The van der Waals surface area contributed by atoms with Crippen LogP contribution in [0.5, 0.6) is 5.75 Å². The second kappa shape index (κ2) is 9.54. The molecule has 2 amide bonds. The first-order valence-electron chi connectivity index (χ1n) is 10.6. The molecule has 4 rings (SSSR count). The minimum Gasteiger partial charge on any atom is -0.496 e. The minimum atomic E-state index is -1.22. The monoisotopic (exact) mass is 477 g/mol. The van der Waals surface area contributed by atoms with E-state index in [1.807, 2.05) is 6.07 Å². The third-order valence-corrected chi connectivity index (χ3v) is 6.23. The summed E-state index contributed by atoms with van der Waals surface area (Å²) in [4.78, 5) is 28.2. The lowest BCUT2D eigenvalue weighted by Crippen LogP contribution is -2.43. The normalized spacial score (nSPS) is 15.2. The van der Waals surface area contributed by atoms with Gasteiger partial charge in [0.1, 0.15) is 17.6 Å². The Balaban J connectivity index is 1.93. The Bertz CT molecular complexity index is 1320. The largest absolute Gasteiger partial charge is 0.496 e. The van der Waals surface area contributed by atoms with Gasteiger partial charge in [-0.2, -0.15) is 5.26 Å². The second-order valence-corrected chi connectivity index (χ2v) is 8.40. The van der Waals surface area contributed by atoms with Gasteiger partial charge in [-0.05, 0) is 65.9 Å². The summed E-state index contributed by atoms with van der Waals surface area (Å²) >= 11 is 6.15. The van der Waals surface area contributed by atoms with Crippen molar-refractivity contribution >= 4 is 23.4 Å². The Hall–Kier alpha value is -3.89. The average molecular weight is 478 g/mol. The molecule has 0 spiro atoms. The summed E-state index contributed by atoms with van der Waals surface area (Å²) in [5.41, 5.74) is 7.74. The molecule has 0 aromatic heterocycles. The van der Waals surface area contributed by atoms with Crippen LogP contribution in [0.15, 0.2) is 60.7 Å². The number of hydrogen-bond acceptors (Lipinski definition) is 4. The molecule has 6 nitrogen and oxygen atoms in total. The van der Waals surface area contributed by atoms with Crippen molar-refractivity contribution in [2.75, 3.05) is 7.11 Å². The van der Waals surface area contributed by atoms with Gasteiger partial charge in [0, 0.05) is 5.02 Å². The summed E-state index contributed by atoms with van der Waals surface area (Å²) in [7, 11) is 1.44. The van der Waals surface area contributed by atoms with Gasteiger partial charge in [0.05, 0.1) is 30.3 Å². The van der Waals surface area contributed by atoms with E-state index in [1.54, 1.807) is 48.5 Å². The number of amides is 2. The minimum absolute atomic E-state index is 0.190. The van der Waals surface area contributed by atoms with Crippen molar-refractivity contribution in [3.8, 4) is 11.8 Å². The van der Waals surface area contributed by atoms with Crippen molar-refractivity contribution < 1.29 is 18.7 Å². The Morgan fingerprint density at radius 2 is 1.97 bits per heavy atom. The molecule has 2 atom stereocenters. The van der Waals surface area contributed by atoms with Crippen molar-refractivity contribution in [3.63, 3.8) is 0 Å². The lowest BCUT2D eigenvalue weighted by Gasteiger charge is -2.36. The predicted molar refractivity (Wildman–Crippen MR) is 125 cm³/mol. The lowest BCUT2D eigenvalue weighted by molar-refractivity contribution is -0.123. The number of nitrogens with zero attached hydrogens (tertiary/aromatic N) is 2. The van der Waals surface area contributed by atoms with E-state index in [9.17, 15) is 19.2 Å². The molecular formula is C26H21ClFN3O3. The van der Waals surface area contributed by atoms with Crippen LogP contribution in [0.1, 0.15) is 51.1 Å². The van der Waals surface area contributed by atoms with Crippen molar-refractivity contribution in [2.45, 2.75) is 24.9 Å². The van der Waals surface area contributed by atoms with E-state index in [0.29, 0.717) is 40.8 Å². The molecule has 3 aromatic carbocycles. The van der Waals surface area contributed by atoms with Gasteiger partial charge in [0.15, 0.2) is 0 Å². The SMILES string of the molecule is COc1ccccc1C(=O)N(C(C(N)=O)c1cccc(C#N)c1)[C@@H]1CCc2c(F)cc(Cl)cc21. The summed E-state index contributed by atoms with van der Waals surface area (Å²) < 4.78 is 20.1. The molecule has 34 heavy (non-hydrogen) atoms. The standard InChI is InChI=1S/C26H21ClFN3O3/c1-34-23-8-3-2-7-19(23)26(33)31(22-10-9-18-20(22)12-17(27)13-21(18)28)24(25(30)32)16-6-4-5-15(11-16)14-29/h2-8,11-13,22,24H,9-10H2,1H3,(H2,30,32)/t22-,24?/m1/s1. The molecule has 0 fully saturated rings. The van der Waals surface area contributed by atoms with E-state index in [0.717, 1.165) is 0 Å². The van der Waals surface area contributed by atoms with Crippen LogP contribution in [0.2, 0.25) is 5.02 Å². The zero-order valence-corrected chi connectivity index (χ0v) is 19.1. The van der Waals surface area contributed by atoms with Gasteiger partial charge in [-0.25, -0.2) is 4.39 Å². The first-order chi connectivity index (χ1) is 16.3. The van der Waals surface area contributed by atoms with E-state index in [1.165, 1.54) is 24.1 Å². The maximum absolute atomic E-state index is 14.7. The number of carbonyl (C=O) groups excluding carboxylic acids is 2. The van der Waals surface area contributed by atoms with Crippen LogP contribution in [0.3, 0.4) is 0 Å². The molecule has 3 aromatic rings. The molecule has 1 aliphatic carbocycles. The third kappa shape index (κ3) is 4.20. The number of hydrogen-bond donors (Lipinski definition) is 1. The van der Waals surface area contributed by atoms with E-state index < -0.39 is 29.7 Å². The molecule has 0 heterocycles. The smallest absolute Gasteiger partial charge is 0.259 e. The summed E-state index contributed by atoms with van der Waals surface area (Å²) in [6, 6.07) is 16.0. The molecular weight excluding hydrogens is 457 g/mol. The fourth-order valence-corrected chi connectivity index (χ4v) is 4.76. The number of methoxy groups -OCH3 is 1. The number of nitrogens with two attached hydrogens (primary N) is 1. The fraction of sp³-hybridized carbons (Fsp3) is 0.192. The number of carbonyl (C=O) groups is 2. The lowest BCUT2D eigenvalue weighted by atomic mass is 9.96. The number of halogens is 2. The van der Waals surface area contributed by atoms with Crippen molar-refractivity contribution in [2.24, 2.45) is 5.73 Å². The highest BCUT2D eigenvalue weighted by molar-refractivity contribution is 6.30. The second-order valence-electron chi connectivity index (χ2n) is 7.96. The molecule has 0 radical (unpaired) electrons. The molecule has 0 saturated heterocycles. The van der Waals surface area contributed by atoms with E-state index in [2.05, 4.69) is 0 Å². The van der Waals surface area contributed by atoms with Gasteiger partial charge < -0.3 is 15.4 Å². The Morgan fingerprint density at radius 3 is 2.68 bits per heavy atom. The van der Waals surface area contributed by atoms with Crippen molar-refractivity contribution in [1.82, 2.24) is 4.90 Å². The molecule has 0 aliphatic heterocycles. The summed E-state index contributed by atoms with van der Waals surface area (Å²) in [6.07, 6.45) is 0.734. The number of rotatable bonds is 6. The quantitative estimate of drug-likeness (QED) is 0.555. The van der Waals surface area contributed by atoms with E-state index in [4.69, 9.17) is 22.1 Å². The highest BCUT2D eigenvalue weighted by Crippen LogP contribution is 2.43. The average Bonchev–Trinajstić information content (AvgIpc) is 3.25. The van der Waals surface area contributed by atoms with Crippen LogP contribution in [0.4, 0.5) is 4.39 Å². The number of ether oxygens (including phenoxy) is 1. The van der Waals surface area contributed by atoms with Gasteiger partial charge in [-0.15, -0.1) is 0 Å². The first kappa shape index (κ1) is 23.3. The molecule has 0 saturated carbocycles. The first-order valence-corrected chi connectivity index (χ1v) is 11.0. The molecule has 2 N–H and O–H groups in total. The zero-order valence-electron chi connectivity index (χ0n) is 18.3. The van der Waals surface area contributed by atoms with Crippen LogP contribution in [0.25, 0.3) is 0 Å². The van der Waals surface area contributed by atoms with Gasteiger partial charge in [-0.3, -0.25) is 9.59 Å².